The Kier molecular flexibility index (Phi) is 7.10. The van der Waals surface area contributed by atoms with Gasteiger partial charge in [-0.05, 0) is 68.8 Å². The highest BCUT2D eigenvalue weighted by molar-refractivity contribution is 6.04. The van der Waals surface area contributed by atoms with Gasteiger partial charge in [-0.1, -0.05) is 25.3 Å². The lowest BCUT2D eigenvalue weighted by atomic mass is 9.95. The van der Waals surface area contributed by atoms with E-state index in [1.54, 1.807) is 0 Å². The predicted molar refractivity (Wildman–Crippen MR) is 171 cm³/mol. The number of hydrogen-bond acceptors (Lipinski definition) is 9. The van der Waals surface area contributed by atoms with Gasteiger partial charge in [0.05, 0.1) is 17.1 Å². The van der Waals surface area contributed by atoms with Gasteiger partial charge >= 0.3 is 6.01 Å². The van der Waals surface area contributed by atoms with Gasteiger partial charge in [0.25, 0.3) is 0 Å². The summed E-state index contributed by atoms with van der Waals surface area (Å²) >= 11 is 0. The molecule has 0 bridgehead atoms. The monoisotopic (exact) mass is 626 g/mol. The molecule has 2 atom stereocenters. The van der Waals surface area contributed by atoms with Crippen molar-refractivity contribution in [2.24, 2.45) is 0 Å². The number of anilines is 1. The summed E-state index contributed by atoms with van der Waals surface area (Å²) in [6.07, 6.45) is 12.0. The lowest BCUT2D eigenvalue weighted by Crippen LogP contribution is -2.60. The molecule has 0 spiro atoms. The molecular weight excluding hydrogens is 590 g/mol. The Labute approximate surface area is 265 Å². The van der Waals surface area contributed by atoms with Crippen LogP contribution in [0.25, 0.3) is 32.9 Å². The van der Waals surface area contributed by atoms with Crippen LogP contribution in [0, 0.1) is 24.0 Å². The van der Waals surface area contributed by atoms with Crippen molar-refractivity contribution in [1.82, 2.24) is 25.2 Å². The van der Waals surface area contributed by atoms with Gasteiger partial charge in [0.2, 0.25) is 5.88 Å². The summed E-state index contributed by atoms with van der Waals surface area (Å²) in [5, 5.41) is 15.4. The normalized spacial score (nSPS) is 21.9. The fourth-order valence-corrected chi connectivity index (χ4v) is 8.20. The van der Waals surface area contributed by atoms with Gasteiger partial charge in [0.15, 0.2) is 5.82 Å². The van der Waals surface area contributed by atoms with Crippen LogP contribution in [0.5, 0.6) is 17.6 Å². The van der Waals surface area contributed by atoms with Crippen LogP contribution >= 0.6 is 0 Å². The highest BCUT2D eigenvalue weighted by Crippen LogP contribution is 2.44. The Morgan fingerprint density at radius 3 is 2.74 bits per heavy atom. The molecule has 8 rings (SSSR count). The number of pyridine rings is 1. The number of aromatic nitrogens is 3. The van der Waals surface area contributed by atoms with Crippen LogP contribution in [0.15, 0.2) is 24.3 Å². The number of benzene rings is 2. The van der Waals surface area contributed by atoms with Crippen LogP contribution in [0.1, 0.15) is 51.0 Å². The van der Waals surface area contributed by atoms with Gasteiger partial charge < -0.3 is 24.8 Å². The van der Waals surface area contributed by atoms with Gasteiger partial charge in [-0.3, -0.25) is 4.90 Å². The maximum atomic E-state index is 17.0. The van der Waals surface area contributed by atoms with E-state index < -0.39 is 11.6 Å². The zero-order valence-corrected chi connectivity index (χ0v) is 25.8. The zero-order chi connectivity index (χ0) is 31.6. The molecule has 4 aliphatic rings. The first kappa shape index (κ1) is 29.2. The Balaban J connectivity index is 1.34. The number of nitrogens with one attached hydrogen (secondary N) is 1. The molecule has 3 saturated heterocycles. The van der Waals surface area contributed by atoms with Gasteiger partial charge in [-0.15, -0.1) is 6.42 Å². The summed E-state index contributed by atoms with van der Waals surface area (Å²) in [5.74, 6) is 1.58. The Morgan fingerprint density at radius 2 is 1.96 bits per heavy atom. The van der Waals surface area contributed by atoms with E-state index in [0.717, 1.165) is 58.2 Å². The topological polar surface area (TPSA) is 95.9 Å². The van der Waals surface area contributed by atoms with Crippen LogP contribution in [-0.2, 0) is 0 Å². The van der Waals surface area contributed by atoms with Gasteiger partial charge in [0.1, 0.15) is 47.2 Å². The molecule has 0 aliphatic carbocycles. The number of ether oxygens (including phenoxy) is 2. The molecule has 4 aliphatic heterocycles. The summed E-state index contributed by atoms with van der Waals surface area (Å²) in [6, 6.07) is 5.69. The second kappa shape index (κ2) is 11.2. The van der Waals surface area contributed by atoms with E-state index in [4.69, 9.17) is 25.9 Å². The number of halogens is 2. The number of piperazine rings is 1. The first-order valence-electron chi connectivity index (χ1n) is 16.2. The smallest absolute Gasteiger partial charge is 0.319 e. The average Bonchev–Trinajstić information content (AvgIpc) is 3.60. The fourth-order valence-electron chi connectivity index (χ4n) is 8.20. The van der Waals surface area contributed by atoms with E-state index in [1.165, 1.54) is 24.3 Å². The summed E-state index contributed by atoms with van der Waals surface area (Å²) in [7, 11) is 0. The first-order chi connectivity index (χ1) is 22.4. The minimum Gasteiger partial charge on any atom is -0.508 e. The molecule has 2 N–H and O–H groups in total. The minimum atomic E-state index is -0.754. The van der Waals surface area contributed by atoms with Crippen molar-refractivity contribution >= 4 is 27.5 Å². The number of terminal acetylenes is 1. The number of hydrogen-bond donors (Lipinski definition) is 2. The molecule has 2 aromatic carbocycles. The van der Waals surface area contributed by atoms with E-state index in [1.807, 2.05) is 0 Å². The van der Waals surface area contributed by atoms with Gasteiger partial charge in [-0.2, -0.15) is 9.97 Å². The predicted octanol–water partition coefficient (Wildman–Crippen LogP) is 5.16. The van der Waals surface area contributed by atoms with Crippen molar-refractivity contribution < 1.29 is 23.4 Å². The summed E-state index contributed by atoms with van der Waals surface area (Å²) in [5.41, 5.74) is -0.115. The molecule has 0 radical (unpaired) electrons. The summed E-state index contributed by atoms with van der Waals surface area (Å²) < 4.78 is 44.8. The van der Waals surface area contributed by atoms with Crippen molar-refractivity contribution in [3.8, 4) is 41.2 Å². The van der Waals surface area contributed by atoms with Crippen molar-refractivity contribution in [1.29, 1.82) is 0 Å². The molecule has 2 unspecified atom stereocenters. The molecule has 6 heterocycles. The zero-order valence-electron chi connectivity index (χ0n) is 25.8. The molecule has 9 nitrogen and oxygen atoms in total. The summed E-state index contributed by atoms with van der Waals surface area (Å²) in [6.45, 7) is 6.34. The summed E-state index contributed by atoms with van der Waals surface area (Å²) in [4.78, 5) is 19.0. The van der Waals surface area contributed by atoms with E-state index in [9.17, 15) is 9.50 Å². The molecule has 0 amide bonds. The van der Waals surface area contributed by atoms with E-state index in [2.05, 4.69) is 32.9 Å². The van der Waals surface area contributed by atoms with Gasteiger partial charge in [-0.25, -0.2) is 13.8 Å². The SMILES string of the molecule is C#Cc1c(F)ccc2cc(O)cc(-c3nc4c5c(nc(OCC67CCCN6CCC7)nc5c3F)N3CCNC(CCC)C3CO4)c12. The number of nitrogens with zero attached hydrogens (tertiary/aromatic N) is 5. The molecule has 0 saturated carbocycles. The van der Waals surface area contributed by atoms with Crippen molar-refractivity contribution in [3.05, 3.63) is 41.5 Å². The number of phenols is 1. The Bertz CT molecular complexity index is 1900. The second-order valence-electron chi connectivity index (χ2n) is 12.9. The van der Waals surface area contributed by atoms with Crippen molar-refractivity contribution in [2.75, 3.05) is 44.3 Å². The van der Waals surface area contributed by atoms with Gasteiger partial charge in [0, 0.05) is 30.1 Å². The highest BCUT2D eigenvalue weighted by atomic mass is 19.1. The molecule has 46 heavy (non-hydrogen) atoms. The van der Waals surface area contributed by atoms with Crippen molar-refractivity contribution in [3.63, 3.8) is 0 Å². The molecule has 11 heteroatoms. The molecule has 238 valence electrons. The third-order valence-corrected chi connectivity index (χ3v) is 10.3. The Morgan fingerprint density at radius 1 is 1.13 bits per heavy atom. The van der Waals surface area contributed by atoms with Crippen LogP contribution in [-0.4, -0.2) is 82.0 Å². The van der Waals surface area contributed by atoms with E-state index >= 15 is 4.39 Å². The maximum absolute atomic E-state index is 17.0. The first-order valence-corrected chi connectivity index (χ1v) is 16.2. The second-order valence-corrected chi connectivity index (χ2v) is 12.9. The van der Waals surface area contributed by atoms with Crippen LogP contribution in [0.4, 0.5) is 14.6 Å². The number of aromatic hydroxyl groups is 1. The quantitative estimate of drug-likeness (QED) is 0.282. The lowest BCUT2D eigenvalue weighted by Gasteiger charge is -2.41. The minimum absolute atomic E-state index is 0.00595. The van der Waals surface area contributed by atoms with Crippen LogP contribution < -0.4 is 19.7 Å². The number of phenolic OH excluding ortho intramolecular Hbond substituents is 1. The fraction of sp³-hybridized carbons (Fsp3) is 0.457. The van der Waals surface area contributed by atoms with Crippen LogP contribution in [0.2, 0.25) is 0 Å². The maximum Gasteiger partial charge on any atom is 0.319 e. The van der Waals surface area contributed by atoms with E-state index in [0.29, 0.717) is 36.3 Å². The largest absolute Gasteiger partial charge is 0.508 e. The highest BCUT2D eigenvalue weighted by Gasteiger charge is 2.45. The molecule has 2 aromatic heterocycles. The lowest BCUT2D eigenvalue weighted by molar-refractivity contribution is 0.108. The standard InChI is InChI=1S/C35H36F2N6O3/c1-3-7-25-26-18-45-33-28-31(29(37)30(39-33)23-17-21(44)16-20-8-9-24(36)22(4-2)27(20)23)40-34(41-32(28)43(26)15-12-38-25)46-19-35-10-5-13-42(35)14-6-11-35/h2,8-9,16-17,25-26,38,44H,3,5-7,10-15,18-19H2,1H3. The average molecular weight is 627 g/mol. The Hall–Kier alpha value is -4.27. The number of rotatable bonds is 6. The third kappa shape index (κ3) is 4.53. The van der Waals surface area contributed by atoms with Crippen LogP contribution in [0.3, 0.4) is 0 Å². The number of fused-ring (bicyclic) bond motifs is 4. The third-order valence-electron chi connectivity index (χ3n) is 10.3. The molecule has 3 fully saturated rings. The van der Waals surface area contributed by atoms with Crippen molar-refractivity contribution in [2.45, 2.75) is 63.1 Å². The van der Waals surface area contributed by atoms with E-state index in [-0.39, 0.29) is 63.0 Å². The molecular formula is C35H36F2N6O3. The molecule has 4 aromatic rings.